The number of aliphatic hydroxyl groups excluding tert-OH is 1. The predicted octanol–water partition coefficient (Wildman–Crippen LogP) is 0.895. The summed E-state index contributed by atoms with van der Waals surface area (Å²) in [6, 6.07) is 9.15. The molecule has 0 radical (unpaired) electrons. The number of rotatable bonds is 7. The fraction of sp³-hybridized carbons (Fsp3) is 0.467. The van der Waals surface area contributed by atoms with Crippen molar-refractivity contribution >= 4 is 11.8 Å². The minimum Gasteiger partial charge on any atom is -0.378 e. The summed E-state index contributed by atoms with van der Waals surface area (Å²) in [4.78, 5) is 23.1. The minimum atomic E-state index is -1.16. The zero-order valence-electron chi connectivity index (χ0n) is 11.3. The van der Waals surface area contributed by atoms with Crippen LogP contribution in [-0.2, 0) is 9.59 Å². The zero-order chi connectivity index (χ0) is 14.4. The Morgan fingerprint density at radius 1 is 1.25 bits per heavy atom. The minimum absolute atomic E-state index is 0.0327. The molecule has 1 fully saturated rings. The lowest BCUT2D eigenvalue weighted by Gasteiger charge is -2.11. The molecule has 1 aromatic carbocycles. The summed E-state index contributed by atoms with van der Waals surface area (Å²) in [7, 11) is 0. The molecule has 2 amide bonds. The molecule has 1 aliphatic carbocycles. The van der Waals surface area contributed by atoms with Crippen molar-refractivity contribution < 1.29 is 14.7 Å². The fourth-order valence-corrected chi connectivity index (χ4v) is 1.87. The van der Waals surface area contributed by atoms with Crippen molar-refractivity contribution in [1.82, 2.24) is 10.6 Å². The highest BCUT2D eigenvalue weighted by atomic mass is 16.3. The molecule has 5 nitrogen and oxygen atoms in total. The van der Waals surface area contributed by atoms with E-state index in [9.17, 15) is 14.7 Å². The average molecular weight is 276 g/mol. The van der Waals surface area contributed by atoms with Crippen molar-refractivity contribution in [3.63, 3.8) is 0 Å². The number of benzene rings is 1. The van der Waals surface area contributed by atoms with Crippen LogP contribution in [0.1, 0.15) is 37.4 Å². The van der Waals surface area contributed by atoms with E-state index in [4.69, 9.17) is 0 Å². The van der Waals surface area contributed by atoms with Crippen LogP contribution in [0.3, 0.4) is 0 Å². The van der Waals surface area contributed by atoms with Crippen LogP contribution in [0, 0.1) is 0 Å². The number of nitrogens with one attached hydrogen (secondary N) is 2. The highest BCUT2D eigenvalue weighted by molar-refractivity contribution is 5.82. The van der Waals surface area contributed by atoms with Gasteiger partial charge in [0.2, 0.25) is 5.91 Å². The molecule has 1 atom stereocenters. The summed E-state index contributed by atoms with van der Waals surface area (Å²) in [6.45, 7) is 0.390. The van der Waals surface area contributed by atoms with E-state index in [0.29, 0.717) is 31.0 Å². The Morgan fingerprint density at radius 3 is 2.60 bits per heavy atom. The van der Waals surface area contributed by atoms with Gasteiger partial charge in [0, 0.05) is 19.0 Å². The number of carbonyl (C=O) groups excluding carboxylic acids is 2. The van der Waals surface area contributed by atoms with E-state index >= 15 is 0 Å². The van der Waals surface area contributed by atoms with Gasteiger partial charge in [-0.25, -0.2) is 0 Å². The molecule has 108 valence electrons. The first-order valence-electron chi connectivity index (χ1n) is 6.97. The van der Waals surface area contributed by atoms with Gasteiger partial charge < -0.3 is 15.7 Å². The quantitative estimate of drug-likeness (QED) is 0.647. The zero-order valence-corrected chi connectivity index (χ0v) is 11.3. The molecule has 20 heavy (non-hydrogen) atoms. The maximum Gasteiger partial charge on any atom is 0.253 e. The SMILES string of the molecule is O=C(CCCNC(=O)C(O)c1ccccc1)NC1CC1. The van der Waals surface area contributed by atoms with Gasteiger partial charge in [-0.1, -0.05) is 30.3 Å². The van der Waals surface area contributed by atoms with Gasteiger partial charge in [0.1, 0.15) is 0 Å². The Hall–Kier alpha value is -1.88. The maximum absolute atomic E-state index is 11.7. The largest absolute Gasteiger partial charge is 0.378 e. The highest BCUT2D eigenvalue weighted by Gasteiger charge is 2.22. The monoisotopic (exact) mass is 276 g/mol. The van der Waals surface area contributed by atoms with Crippen molar-refractivity contribution in [3.8, 4) is 0 Å². The van der Waals surface area contributed by atoms with Crippen LogP contribution in [0.15, 0.2) is 30.3 Å². The van der Waals surface area contributed by atoms with Crippen LogP contribution in [0.5, 0.6) is 0 Å². The topological polar surface area (TPSA) is 78.4 Å². The van der Waals surface area contributed by atoms with Crippen LogP contribution in [-0.4, -0.2) is 29.5 Å². The molecule has 0 aliphatic heterocycles. The molecule has 0 heterocycles. The van der Waals surface area contributed by atoms with E-state index in [-0.39, 0.29) is 5.91 Å². The summed E-state index contributed by atoms with van der Waals surface area (Å²) in [5.41, 5.74) is 0.566. The molecule has 0 aromatic heterocycles. The van der Waals surface area contributed by atoms with Gasteiger partial charge >= 0.3 is 0 Å². The van der Waals surface area contributed by atoms with E-state index in [1.807, 2.05) is 6.07 Å². The molecule has 0 bridgehead atoms. The highest BCUT2D eigenvalue weighted by Crippen LogP contribution is 2.18. The number of amides is 2. The molecular formula is C15H20N2O3. The normalized spacial score (nSPS) is 15.4. The van der Waals surface area contributed by atoms with Gasteiger partial charge in [0.05, 0.1) is 0 Å². The molecule has 1 aliphatic rings. The van der Waals surface area contributed by atoms with Gasteiger partial charge in [-0.2, -0.15) is 0 Å². The van der Waals surface area contributed by atoms with Crippen molar-refractivity contribution in [2.75, 3.05) is 6.54 Å². The standard InChI is InChI=1S/C15H20N2O3/c18-13(17-12-8-9-12)7-4-10-16-15(20)14(19)11-5-2-1-3-6-11/h1-3,5-6,12,14,19H,4,7-10H2,(H,16,20)(H,17,18). The van der Waals surface area contributed by atoms with Gasteiger partial charge in [0.25, 0.3) is 5.91 Å². The van der Waals surface area contributed by atoms with E-state index in [1.54, 1.807) is 24.3 Å². The molecular weight excluding hydrogens is 256 g/mol. The van der Waals surface area contributed by atoms with Crippen LogP contribution < -0.4 is 10.6 Å². The van der Waals surface area contributed by atoms with Crippen molar-refractivity contribution in [3.05, 3.63) is 35.9 Å². The lowest BCUT2D eigenvalue weighted by atomic mass is 10.1. The second kappa shape index (κ2) is 7.05. The summed E-state index contributed by atoms with van der Waals surface area (Å²) in [5, 5.41) is 15.4. The van der Waals surface area contributed by atoms with Gasteiger partial charge in [-0.15, -0.1) is 0 Å². The first kappa shape index (κ1) is 14.5. The lowest BCUT2D eigenvalue weighted by molar-refractivity contribution is -0.130. The first-order chi connectivity index (χ1) is 9.66. The Bertz CT molecular complexity index is 457. The number of carbonyl (C=O) groups is 2. The van der Waals surface area contributed by atoms with Crippen molar-refractivity contribution in [1.29, 1.82) is 0 Å². The van der Waals surface area contributed by atoms with Crippen LogP contribution in [0.2, 0.25) is 0 Å². The summed E-state index contributed by atoms with van der Waals surface area (Å²) < 4.78 is 0. The van der Waals surface area contributed by atoms with Crippen molar-refractivity contribution in [2.24, 2.45) is 0 Å². The van der Waals surface area contributed by atoms with E-state index in [1.165, 1.54) is 0 Å². The van der Waals surface area contributed by atoms with Crippen LogP contribution in [0.25, 0.3) is 0 Å². The summed E-state index contributed by atoms with van der Waals surface area (Å²) in [5.74, 6) is -0.399. The summed E-state index contributed by atoms with van der Waals surface area (Å²) >= 11 is 0. The van der Waals surface area contributed by atoms with Gasteiger partial charge in [0.15, 0.2) is 6.10 Å². The molecule has 1 aromatic rings. The molecule has 0 spiro atoms. The van der Waals surface area contributed by atoms with E-state index in [0.717, 1.165) is 12.8 Å². The Balaban J connectivity index is 1.63. The third-order valence-corrected chi connectivity index (χ3v) is 3.19. The molecule has 2 rings (SSSR count). The van der Waals surface area contributed by atoms with E-state index in [2.05, 4.69) is 10.6 Å². The smallest absolute Gasteiger partial charge is 0.253 e. The number of hydrogen-bond donors (Lipinski definition) is 3. The fourth-order valence-electron chi connectivity index (χ4n) is 1.87. The third kappa shape index (κ3) is 4.66. The first-order valence-corrected chi connectivity index (χ1v) is 6.97. The van der Waals surface area contributed by atoms with Crippen molar-refractivity contribution in [2.45, 2.75) is 37.8 Å². The van der Waals surface area contributed by atoms with Gasteiger partial charge in [-0.05, 0) is 24.8 Å². The second-order valence-corrected chi connectivity index (χ2v) is 5.05. The van der Waals surface area contributed by atoms with E-state index < -0.39 is 12.0 Å². The second-order valence-electron chi connectivity index (χ2n) is 5.05. The third-order valence-electron chi connectivity index (χ3n) is 3.19. The van der Waals surface area contributed by atoms with Crippen LogP contribution >= 0.6 is 0 Å². The molecule has 0 saturated heterocycles. The lowest BCUT2D eigenvalue weighted by Crippen LogP contribution is -2.31. The van der Waals surface area contributed by atoms with Crippen LogP contribution in [0.4, 0.5) is 0 Å². The Labute approximate surface area is 118 Å². The molecule has 5 heteroatoms. The maximum atomic E-state index is 11.7. The summed E-state index contributed by atoms with van der Waals surface area (Å²) in [6.07, 6.45) is 1.97. The number of hydrogen-bond acceptors (Lipinski definition) is 3. The predicted molar refractivity (Wildman–Crippen MR) is 74.8 cm³/mol. The molecule has 1 unspecified atom stereocenters. The Morgan fingerprint density at radius 2 is 1.95 bits per heavy atom. The Kier molecular flexibility index (Phi) is 5.12. The molecule has 1 saturated carbocycles. The molecule has 3 N–H and O–H groups in total. The van der Waals surface area contributed by atoms with Gasteiger partial charge in [-0.3, -0.25) is 9.59 Å². The number of aliphatic hydroxyl groups is 1. The average Bonchev–Trinajstić information content (AvgIpc) is 3.27.